The van der Waals surface area contributed by atoms with Gasteiger partial charge < -0.3 is 10.1 Å². The van der Waals surface area contributed by atoms with Gasteiger partial charge in [0.25, 0.3) is 5.91 Å². The minimum Gasteiger partial charge on any atom is -0.444 e. The Morgan fingerprint density at radius 1 is 1.27 bits per heavy atom. The normalized spacial score (nSPS) is 12.1. The van der Waals surface area contributed by atoms with Crippen LogP contribution in [-0.4, -0.2) is 23.6 Å². The van der Waals surface area contributed by atoms with Gasteiger partial charge in [-0.25, -0.2) is 10.3 Å². The maximum absolute atomic E-state index is 11.9. The van der Waals surface area contributed by atoms with Crippen molar-refractivity contribution in [2.24, 2.45) is 0 Å². The quantitative estimate of drug-likeness (QED) is 0.624. The van der Waals surface area contributed by atoms with Crippen LogP contribution in [0.2, 0.25) is 0 Å². The van der Waals surface area contributed by atoms with Crippen LogP contribution in [0.1, 0.15) is 26.3 Å². The number of carbonyl (C=O) groups excluding carboxylic acids is 2. The lowest BCUT2D eigenvalue weighted by atomic mass is 10.2. The number of amides is 2. The number of ether oxygens (including phenoxy) is 1. The predicted molar refractivity (Wildman–Crippen MR) is 82.7 cm³/mol. The molecule has 1 rings (SSSR count). The Balaban J connectivity index is 2.41. The molecule has 0 spiro atoms. The molecule has 2 amide bonds. The summed E-state index contributed by atoms with van der Waals surface area (Å²) in [6, 6.07) is 8.44. The first kappa shape index (κ1) is 17.7. The van der Waals surface area contributed by atoms with E-state index in [1.54, 1.807) is 20.8 Å². The highest BCUT2D eigenvalue weighted by Gasteiger charge is 2.22. The van der Waals surface area contributed by atoms with Crippen molar-refractivity contribution in [2.75, 3.05) is 0 Å². The zero-order valence-electron chi connectivity index (χ0n) is 13.1. The van der Waals surface area contributed by atoms with Crippen molar-refractivity contribution < 1.29 is 19.2 Å². The smallest absolute Gasteiger partial charge is 0.408 e. The first-order valence-electron chi connectivity index (χ1n) is 6.89. The second kappa shape index (κ2) is 8.19. The fraction of sp³-hybridized carbons (Fsp3) is 0.375. The highest BCUT2D eigenvalue weighted by atomic mass is 16.7. The van der Waals surface area contributed by atoms with Crippen LogP contribution in [-0.2, 0) is 21.0 Å². The van der Waals surface area contributed by atoms with E-state index in [0.717, 1.165) is 5.56 Å². The van der Waals surface area contributed by atoms with Crippen LogP contribution in [0, 0.1) is 0 Å². The zero-order chi connectivity index (χ0) is 16.6. The van der Waals surface area contributed by atoms with Gasteiger partial charge in [-0.15, -0.1) is 6.58 Å². The van der Waals surface area contributed by atoms with Gasteiger partial charge in [0.2, 0.25) is 0 Å². The topological polar surface area (TPSA) is 76.7 Å². The number of hydrogen-bond acceptors (Lipinski definition) is 4. The molecule has 120 valence electrons. The molecule has 0 aliphatic heterocycles. The highest BCUT2D eigenvalue weighted by Crippen LogP contribution is 2.07. The van der Waals surface area contributed by atoms with Gasteiger partial charge in [-0.2, -0.15) is 0 Å². The van der Waals surface area contributed by atoms with Gasteiger partial charge in [-0.3, -0.25) is 9.63 Å². The molecule has 0 radical (unpaired) electrons. The van der Waals surface area contributed by atoms with Crippen LogP contribution in [0.3, 0.4) is 0 Å². The molecular formula is C16H22N2O4. The van der Waals surface area contributed by atoms with E-state index in [1.165, 1.54) is 6.08 Å². The van der Waals surface area contributed by atoms with Gasteiger partial charge in [0.15, 0.2) is 0 Å². The van der Waals surface area contributed by atoms with Crippen molar-refractivity contribution in [3.8, 4) is 0 Å². The molecule has 0 aromatic heterocycles. The highest BCUT2D eigenvalue weighted by molar-refractivity contribution is 5.86. The molecule has 6 nitrogen and oxygen atoms in total. The van der Waals surface area contributed by atoms with E-state index in [9.17, 15) is 9.59 Å². The Bertz CT molecular complexity index is 509. The third kappa shape index (κ3) is 6.90. The molecule has 0 saturated carbocycles. The molecule has 0 saturated heterocycles. The van der Waals surface area contributed by atoms with Crippen LogP contribution in [0.15, 0.2) is 43.0 Å². The Labute approximate surface area is 130 Å². The predicted octanol–water partition coefficient (Wildman–Crippen LogP) is 2.31. The van der Waals surface area contributed by atoms with Crippen LogP contribution in [0.4, 0.5) is 4.79 Å². The SMILES string of the molecule is C=CC(NC(=O)OC(C)(C)C)C(=O)NOCc1ccccc1. The van der Waals surface area contributed by atoms with E-state index in [4.69, 9.17) is 9.57 Å². The monoisotopic (exact) mass is 306 g/mol. The number of rotatable bonds is 6. The first-order chi connectivity index (χ1) is 10.3. The van der Waals surface area contributed by atoms with Gasteiger partial charge in [0, 0.05) is 0 Å². The van der Waals surface area contributed by atoms with E-state index >= 15 is 0 Å². The Hall–Kier alpha value is -2.34. The van der Waals surface area contributed by atoms with Crippen LogP contribution in [0.5, 0.6) is 0 Å². The summed E-state index contributed by atoms with van der Waals surface area (Å²) < 4.78 is 5.08. The molecule has 1 unspecified atom stereocenters. The van der Waals surface area contributed by atoms with E-state index in [-0.39, 0.29) is 6.61 Å². The van der Waals surface area contributed by atoms with Crippen LogP contribution in [0.25, 0.3) is 0 Å². The average Bonchev–Trinajstić information content (AvgIpc) is 2.44. The molecule has 0 aliphatic rings. The average molecular weight is 306 g/mol. The third-order valence-corrected chi connectivity index (χ3v) is 2.44. The molecule has 0 bridgehead atoms. The van der Waals surface area contributed by atoms with Gasteiger partial charge >= 0.3 is 6.09 Å². The van der Waals surface area contributed by atoms with Crippen molar-refractivity contribution in [1.29, 1.82) is 0 Å². The van der Waals surface area contributed by atoms with Crippen molar-refractivity contribution in [3.05, 3.63) is 48.6 Å². The minimum atomic E-state index is -0.939. The summed E-state index contributed by atoms with van der Waals surface area (Å²) in [5.74, 6) is -0.531. The number of nitrogens with one attached hydrogen (secondary N) is 2. The second-order valence-electron chi connectivity index (χ2n) is 5.60. The molecule has 2 N–H and O–H groups in total. The summed E-state index contributed by atoms with van der Waals surface area (Å²) in [4.78, 5) is 28.6. The van der Waals surface area contributed by atoms with Gasteiger partial charge in [0.05, 0.1) is 6.61 Å². The van der Waals surface area contributed by atoms with Crippen molar-refractivity contribution in [1.82, 2.24) is 10.8 Å². The number of hydrogen-bond donors (Lipinski definition) is 2. The lowest BCUT2D eigenvalue weighted by molar-refractivity contribution is -0.135. The molecule has 6 heteroatoms. The van der Waals surface area contributed by atoms with E-state index < -0.39 is 23.6 Å². The molecule has 22 heavy (non-hydrogen) atoms. The van der Waals surface area contributed by atoms with Crippen molar-refractivity contribution in [2.45, 2.75) is 39.0 Å². The van der Waals surface area contributed by atoms with E-state index in [0.29, 0.717) is 0 Å². The van der Waals surface area contributed by atoms with Gasteiger partial charge in [-0.05, 0) is 26.3 Å². The largest absolute Gasteiger partial charge is 0.444 e. The molecule has 1 atom stereocenters. The number of benzene rings is 1. The Kier molecular flexibility index (Phi) is 6.59. The Morgan fingerprint density at radius 2 is 1.91 bits per heavy atom. The second-order valence-corrected chi connectivity index (χ2v) is 5.60. The van der Waals surface area contributed by atoms with Crippen molar-refractivity contribution >= 4 is 12.0 Å². The number of hydroxylamine groups is 1. The lowest BCUT2D eigenvalue weighted by Gasteiger charge is -2.21. The number of alkyl carbamates (subject to hydrolysis) is 1. The van der Waals surface area contributed by atoms with E-state index in [2.05, 4.69) is 17.4 Å². The van der Waals surface area contributed by atoms with Crippen LogP contribution >= 0.6 is 0 Å². The summed E-state index contributed by atoms with van der Waals surface area (Å²) >= 11 is 0. The molecule has 0 aliphatic carbocycles. The summed E-state index contributed by atoms with van der Waals surface area (Å²) in [7, 11) is 0. The summed E-state index contributed by atoms with van der Waals surface area (Å²) in [6.07, 6.45) is 0.598. The zero-order valence-corrected chi connectivity index (χ0v) is 13.1. The minimum absolute atomic E-state index is 0.225. The molecule has 0 fully saturated rings. The fourth-order valence-electron chi connectivity index (χ4n) is 1.49. The van der Waals surface area contributed by atoms with Crippen molar-refractivity contribution in [3.63, 3.8) is 0 Å². The maximum Gasteiger partial charge on any atom is 0.408 e. The first-order valence-corrected chi connectivity index (χ1v) is 6.89. The molecule has 0 heterocycles. The third-order valence-electron chi connectivity index (χ3n) is 2.44. The summed E-state index contributed by atoms with van der Waals surface area (Å²) in [5, 5.41) is 2.40. The fourth-order valence-corrected chi connectivity index (χ4v) is 1.49. The lowest BCUT2D eigenvalue weighted by Crippen LogP contribution is -2.47. The molecule has 1 aromatic carbocycles. The van der Waals surface area contributed by atoms with Gasteiger partial charge in [0.1, 0.15) is 11.6 Å². The maximum atomic E-state index is 11.9. The number of carbonyl (C=O) groups is 2. The molecule has 1 aromatic rings. The standard InChI is InChI=1S/C16H22N2O4/c1-5-13(17-15(20)22-16(2,3)4)14(19)18-21-11-12-9-7-6-8-10-12/h5-10,13H,1,11H2,2-4H3,(H,17,20)(H,18,19). The van der Waals surface area contributed by atoms with Crippen LogP contribution < -0.4 is 10.8 Å². The van der Waals surface area contributed by atoms with Gasteiger partial charge in [-0.1, -0.05) is 36.4 Å². The Morgan fingerprint density at radius 3 is 2.45 bits per heavy atom. The summed E-state index contributed by atoms with van der Waals surface area (Å²) in [6.45, 7) is 8.94. The summed E-state index contributed by atoms with van der Waals surface area (Å²) in [5.41, 5.74) is 2.54. The molecular weight excluding hydrogens is 284 g/mol. The van der Waals surface area contributed by atoms with E-state index in [1.807, 2.05) is 30.3 Å².